The van der Waals surface area contributed by atoms with E-state index in [1.165, 1.54) is 0 Å². The number of nitrogens with zero attached hydrogens (tertiary/aromatic N) is 1. The summed E-state index contributed by atoms with van der Waals surface area (Å²) in [6.45, 7) is 6.94. The lowest BCUT2D eigenvalue weighted by molar-refractivity contribution is 0.454. The monoisotopic (exact) mass is 195 g/mol. The fourth-order valence-corrected chi connectivity index (χ4v) is 1.95. The van der Waals surface area contributed by atoms with Crippen LogP contribution in [0.4, 0.5) is 0 Å². The van der Waals surface area contributed by atoms with Gasteiger partial charge in [-0.25, -0.2) is 0 Å². The van der Waals surface area contributed by atoms with Crippen LogP contribution >= 0.6 is 0 Å². The molecule has 14 heavy (non-hydrogen) atoms. The van der Waals surface area contributed by atoms with E-state index in [0.717, 1.165) is 37.3 Å². The summed E-state index contributed by atoms with van der Waals surface area (Å²) in [6.07, 6.45) is 0.857. The van der Waals surface area contributed by atoms with E-state index in [1.54, 1.807) is 0 Å². The average molecular weight is 195 g/mol. The molecule has 4 heteroatoms. The van der Waals surface area contributed by atoms with Crippen molar-refractivity contribution >= 4 is 0 Å². The molecule has 1 aliphatic rings. The quantitative estimate of drug-likeness (QED) is 0.721. The molecule has 4 nitrogen and oxygen atoms in total. The van der Waals surface area contributed by atoms with Crippen molar-refractivity contribution in [3.63, 3.8) is 0 Å². The molecule has 2 heterocycles. The van der Waals surface area contributed by atoms with E-state index in [-0.39, 0.29) is 5.56 Å². The average Bonchev–Trinajstić information content (AvgIpc) is 2.44. The minimum atomic E-state index is 0.0992. The van der Waals surface area contributed by atoms with Gasteiger partial charge in [0.1, 0.15) is 0 Å². The molecule has 0 amide bonds. The molecular weight excluding hydrogens is 178 g/mol. The molecule has 0 atom stereocenters. The molecule has 2 rings (SSSR count). The van der Waals surface area contributed by atoms with Gasteiger partial charge in [-0.05, 0) is 18.9 Å². The Labute approximate surface area is 83.3 Å². The lowest BCUT2D eigenvalue weighted by atomic mass is 10.1. The molecular formula is C10H17N3O. The predicted molar refractivity (Wildman–Crippen MR) is 55.3 cm³/mol. The standard InChI is InChI=1S/C10H17N3O/c1-7(2)6-13-9-5-11-4-3-8(9)10(14)12-13/h7,11H,3-6H2,1-2H3,(H,12,14). The first kappa shape index (κ1) is 9.52. The fourth-order valence-electron chi connectivity index (χ4n) is 1.95. The Balaban J connectivity index is 2.36. The van der Waals surface area contributed by atoms with Gasteiger partial charge in [0, 0.05) is 18.7 Å². The van der Waals surface area contributed by atoms with Crippen molar-refractivity contribution in [3.05, 3.63) is 21.6 Å². The zero-order valence-corrected chi connectivity index (χ0v) is 8.76. The third kappa shape index (κ3) is 1.62. The topological polar surface area (TPSA) is 49.8 Å². The summed E-state index contributed by atoms with van der Waals surface area (Å²) >= 11 is 0. The summed E-state index contributed by atoms with van der Waals surface area (Å²) in [5, 5.41) is 6.20. The molecule has 0 saturated heterocycles. The van der Waals surface area contributed by atoms with Gasteiger partial charge in [0.15, 0.2) is 0 Å². The Hall–Kier alpha value is -1.03. The molecule has 0 saturated carbocycles. The summed E-state index contributed by atoms with van der Waals surface area (Å²) in [7, 11) is 0. The van der Waals surface area contributed by atoms with E-state index in [4.69, 9.17) is 0 Å². The Morgan fingerprint density at radius 3 is 3.00 bits per heavy atom. The van der Waals surface area contributed by atoms with Crippen molar-refractivity contribution in [1.82, 2.24) is 15.1 Å². The molecule has 0 unspecified atom stereocenters. The molecule has 0 fully saturated rings. The highest BCUT2D eigenvalue weighted by Crippen LogP contribution is 2.10. The van der Waals surface area contributed by atoms with Gasteiger partial charge in [-0.2, -0.15) is 0 Å². The Bertz CT molecular complexity index is 375. The van der Waals surface area contributed by atoms with Crippen LogP contribution in [0.1, 0.15) is 25.1 Å². The van der Waals surface area contributed by atoms with Crippen molar-refractivity contribution in [3.8, 4) is 0 Å². The van der Waals surface area contributed by atoms with Gasteiger partial charge in [0.25, 0.3) is 5.56 Å². The van der Waals surface area contributed by atoms with Gasteiger partial charge in [-0.15, -0.1) is 0 Å². The van der Waals surface area contributed by atoms with E-state index >= 15 is 0 Å². The highest BCUT2D eigenvalue weighted by atomic mass is 16.1. The molecule has 1 aromatic heterocycles. The van der Waals surface area contributed by atoms with Gasteiger partial charge in [-0.3, -0.25) is 14.6 Å². The maximum Gasteiger partial charge on any atom is 0.267 e. The predicted octanol–water partition coefficient (Wildman–Crippen LogP) is 0.478. The second-order valence-corrected chi connectivity index (χ2v) is 4.30. The van der Waals surface area contributed by atoms with E-state index < -0.39 is 0 Å². The highest BCUT2D eigenvalue weighted by molar-refractivity contribution is 5.20. The van der Waals surface area contributed by atoms with E-state index in [0.29, 0.717) is 5.92 Å². The minimum absolute atomic E-state index is 0.0992. The van der Waals surface area contributed by atoms with Crippen LogP contribution in [-0.2, 0) is 19.5 Å². The largest absolute Gasteiger partial charge is 0.311 e. The summed E-state index contributed by atoms with van der Waals surface area (Å²) in [5.41, 5.74) is 2.22. The Kier molecular flexibility index (Phi) is 2.46. The van der Waals surface area contributed by atoms with E-state index in [1.807, 2.05) is 4.68 Å². The number of hydrogen-bond donors (Lipinski definition) is 2. The third-order valence-electron chi connectivity index (χ3n) is 2.58. The lowest BCUT2D eigenvalue weighted by Crippen LogP contribution is -2.27. The van der Waals surface area contributed by atoms with Crippen LogP contribution in [0, 0.1) is 5.92 Å². The fraction of sp³-hybridized carbons (Fsp3) is 0.700. The van der Waals surface area contributed by atoms with Crippen LogP contribution in [0.25, 0.3) is 0 Å². The number of fused-ring (bicyclic) bond motifs is 1. The van der Waals surface area contributed by atoms with Crippen LogP contribution in [0.5, 0.6) is 0 Å². The minimum Gasteiger partial charge on any atom is -0.311 e. The van der Waals surface area contributed by atoms with E-state index in [9.17, 15) is 4.79 Å². The van der Waals surface area contributed by atoms with Crippen molar-refractivity contribution in [1.29, 1.82) is 0 Å². The number of hydrogen-bond acceptors (Lipinski definition) is 2. The molecule has 0 bridgehead atoms. The summed E-state index contributed by atoms with van der Waals surface area (Å²) < 4.78 is 1.99. The van der Waals surface area contributed by atoms with Crippen molar-refractivity contribution in [2.75, 3.05) is 6.54 Å². The van der Waals surface area contributed by atoms with Crippen LogP contribution in [-0.4, -0.2) is 16.3 Å². The molecule has 0 spiro atoms. The smallest absolute Gasteiger partial charge is 0.267 e. The third-order valence-corrected chi connectivity index (χ3v) is 2.58. The van der Waals surface area contributed by atoms with Gasteiger partial charge in [0.05, 0.1) is 5.69 Å². The SMILES string of the molecule is CC(C)Cn1[nH]c(=O)c2c1CNCC2. The highest BCUT2D eigenvalue weighted by Gasteiger charge is 2.17. The first-order valence-corrected chi connectivity index (χ1v) is 5.19. The second kappa shape index (κ2) is 3.61. The zero-order chi connectivity index (χ0) is 10.1. The number of aromatic nitrogens is 2. The van der Waals surface area contributed by atoms with Crippen LogP contribution < -0.4 is 10.9 Å². The number of H-pyrrole nitrogens is 1. The van der Waals surface area contributed by atoms with Crippen molar-refractivity contribution in [2.45, 2.75) is 33.4 Å². The lowest BCUT2D eigenvalue weighted by Gasteiger charge is -2.16. The molecule has 1 aromatic rings. The van der Waals surface area contributed by atoms with Gasteiger partial charge < -0.3 is 5.32 Å². The second-order valence-electron chi connectivity index (χ2n) is 4.30. The Morgan fingerprint density at radius 1 is 1.50 bits per heavy atom. The van der Waals surface area contributed by atoms with Crippen molar-refractivity contribution < 1.29 is 0 Å². The summed E-state index contributed by atoms with van der Waals surface area (Å²) in [4.78, 5) is 11.6. The van der Waals surface area contributed by atoms with Gasteiger partial charge >= 0.3 is 0 Å². The van der Waals surface area contributed by atoms with Crippen LogP contribution in [0.15, 0.2) is 4.79 Å². The molecule has 0 aromatic carbocycles. The first-order valence-electron chi connectivity index (χ1n) is 5.19. The molecule has 0 aliphatic carbocycles. The molecule has 0 radical (unpaired) electrons. The van der Waals surface area contributed by atoms with Gasteiger partial charge in [-0.1, -0.05) is 13.8 Å². The molecule has 78 valence electrons. The number of nitrogens with one attached hydrogen (secondary N) is 2. The number of aromatic amines is 1. The van der Waals surface area contributed by atoms with Gasteiger partial charge in [0.2, 0.25) is 0 Å². The normalized spacial score (nSPS) is 15.9. The maximum absolute atomic E-state index is 11.6. The Morgan fingerprint density at radius 2 is 2.29 bits per heavy atom. The maximum atomic E-state index is 11.6. The molecule has 2 N–H and O–H groups in total. The first-order chi connectivity index (χ1) is 6.68. The van der Waals surface area contributed by atoms with Crippen LogP contribution in [0.2, 0.25) is 0 Å². The molecule has 1 aliphatic heterocycles. The van der Waals surface area contributed by atoms with Crippen LogP contribution in [0.3, 0.4) is 0 Å². The van der Waals surface area contributed by atoms with Crippen molar-refractivity contribution in [2.24, 2.45) is 5.92 Å². The number of rotatable bonds is 2. The zero-order valence-electron chi connectivity index (χ0n) is 8.76. The van der Waals surface area contributed by atoms with E-state index in [2.05, 4.69) is 24.3 Å². The summed E-state index contributed by atoms with van der Waals surface area (Å²) in [6, 6.07) is 0. The summed E-state index contributed by atoms with van der Waals surface area (Å²) in [5.74, 6) is 0.559.